The Balaban J connectivity index is 2.08. The van der Waals surface area contributed by atoms with Crippen LogP contribution in [0.5, 0.6) is 0 Å². The van der Waals surface area contributed by atoms with Crippen LogP contribution in [-0.2, 0) is 14.3 Å². The van der Waals surface area contributed by atoms with Gasteiger partial charge in [-0.05, 0) is 25.0 Å². The van der Waals surface area contributed by atoms with E-state index in [-0.39, 0.29) is 24.2 Å². The summed E-state index contributed by atoms with van der Waals surface area (Å²) in [4.78, 5) is 29.2. The van der Waals surface area contributed by atoms with Crippen LogP contribution in [0.4, 0.5) is 5.82 Å². The Morgan fingerprint density at radius 3 is 2.83 bits per heavy atom. The largest absolute Gasteiger partial charge is 0.469 e. The van der Waals surface area contributed by atoms with E-state index in [4.69, 9.17) is 0 Å². The topological polar surface area (TPSA) is 59.5 Å². The Morgan fingerprint density at radius 2 is 2.28 bits per heavy atom. The molecule has 0 spiro atoms. The highest BCUT2D eigenvalue weighted by Gasteiger charge is 2.32. The van der Waals surface area contributed by atoms with Crippen LogP contribution >= 0.6 is 0 Å². The zero-order valence-corrected chi connectivity index (χ0v) is 10.5. The molecule has 2 heterocycles. The van der Waals surface area contributed by atoms with Gasteiger partial charge in [-0.2, -0.15) is 0 Å². The fourth-order valence-corrected chi connectivity index (χ4v) is 2.06. The summed E-state index contributed by atoms with van der Waals surface area (Å²) < 4.78 is 4.67. The number of anilines is 1. The van der Waals surface area contributed by atoms with E-state index in [0.29, 0.717) is 18.8 Å². The van der Waals surface area contributed by atoms with Crippen molar-refractivity contribution >= 4 is 17.7 Å². The van der Waals surface area contributed by atoms with Crippen LogP contribution in [0, 0.1) is 12.8 Å². The average Bonchev–Trinajstić information content (AvgIpc) is 2.39. The molecule has 5 nitrogen and oxygen atoms in total. The van der Waals surface area contributed by atoms with Crippen molar-refractivity contribution in [1.82, 2.24) is 4.98 Å². The lowest BCUT2D eigenvalue weighted by atomic mass is 9.96. The number of ether oxygens (including phenoxy) is 1. The van der Waals surface area contributed by atoms with Gasteiger partial charge in [-0.3, -0.25) is 14.5 Å². The molecule has 0 aromatic carbocycles. The second-order valence-corrected chi connectivity index (χ2v) is 4.45. The summed E-state index contributed by atoms with van der Waals surface area (Å²) in [5.41, 5.74) is 1.05. The molecule has 2 rings (SSSR count). The van der Waals surface area contributed by atoms with Crippen molar-refractivity contribution in [2.24, 2.45) is 5.92 Å². The average molecular weight is 248 g/mol. The molecule has 0 saturated carbocycles. The molecule has 96 valence electrons. The predicted octanol–water partition coefficient (Wildman–Crippen LogP) is 1.31. The first-order chi connectivity index (χ1) is 8.61. The van der Waals surface area contributed by atoms with E-state index in [1.807, 2.05) is 19.1 Å². The quantitative estimate of drug-likeness (QED) is 0.740. The van der Waals surface area contributed by atoms with Gasteiger partial charge < -0.3 is 4.74 Å². The summed E-state index contributed by atoms with van der Waals surface area (Å²) in [5.74, 6) is -0.0500. The van der Waals surface area contributed by atoms with Crippen molar-refractivity contribution in [3.05, 3.63) is 23.9 Å². The number of carbonyl (C=O) groups is 2. The van der Waals surface area contributed by atoms with Gasteiger partial charge >= 0.3 is 5.97 Å². The Hall–Kier alpha value is -1.91. The van der Waals surface area contributed by atoms with Crippen molar-refractivity contribution in [2.75, 3.05) is 18.6 Å². The number of nitrogens with zero attached hydrogens (tertiary/aromatic N) is 2. The summed E-state index contributed by atoms with van der Waals surface area (Å²) >= 11 is 0. The molecule has 0 bridgehead atoms. The molecule has 1 aromatic rings. The molecule has 5 heteroatoms. The third kappa shape index (κ3) is 2.50. The Morgan fingerprint density at radius 1 is 1.50 bits per heavy atom. The lowest BCUT2D eigenvalue weighted by molar-refractivity contribution is -0.148. The minimum atomic E-state index is -0.316. The molecule has 0 radical (unpaired) electrons. The summed E-state index contributed by atoms with van der Waals surface area (Å²) in [5, 5.41) is 0. The van der Waals surface area contributed by atoms with Crippen molar-refractivity contribution in [2.45, 2.75) is 19.8 Å². The monoisotopic (exact) mass is 248 g/mol. The highest BCUT2D eigenvalue weighted by molar-refractivity contribution is 5.96. The number of carbonyl (C=O) groups excluding carboxylic acids is 2. The van der Waals surface area contributed by atoms with Gasteiger partial charge in [0.1, 0.15) is 5.82 Å². The van der Waals surface area contributed by atoms with E-state index in [0.717, 1.165) is 5.56 Å². The molecule has 0 aliphatic carbocycles. The molecule has 1 atom stereocenters. The minimum absolute atomic E-state index is 0.0759. The molecule has 1 aromatic heterocycles. The van der Waals surface area contributed by atoms with Gasteiger partial charge in [0, 0.05) is 19.2 Å². The number of esters is 1. The van der Waals surface area contributed by atoms with E-state index in [9.17, 15) is 9.59 Å². The van der Waals surface area contributed by atoms with E-state index < -0.39 is 0 Å². The lowest BCUT2D eigenvalue weighted by Crippen LogP contribution is -2.41. The summed E-state index contributed by atoms with van der Waals surface area (Å²) in [7, 11) is 1.35. The van der Waals surface area contributed by atoms with Gasteiger partial charge in [0.15, 0.2) is 0 Å². The number of hydrogen-bond acceptors (Lipinski definition) is 4. The molecular weight excluding hydrogens is 232 g/mol. The van der Waals surface area contributed by atoms with E-state index in [1.165, 1.54) is 7.11 Å². The Labute approximate surface area is 106 Å². The lowest BCUT2D eigenvalue weighted by Gasteiger charge is -2.29. The number of hydrogen-bond donors (Lipinski definition) is 0. The number of pyridine rings is 1. The summed E-state index contributed by atoms with van der Waals surface area (Å²) in [6.07, 6.45) is 2.55. The minimum Gasteiger partial charge on any atom is -0.469 e. The molecule has 1 aliphatic heterocycles. The fourth-order valence-electron chi connectivity index (χ4n) is 2.06. The smallest absolute Gasteiger partial charge is 0.309 e. The van der Waals surface area contributed by atoms with Crippen LogP contribution in [0.1, 0.15) is 18.4 Å². The molecule has 1 amide bonds. The number of amides is 1. The van der Waals surface area contributed by atoms with Crippen molar-refractivity contribution in [3.8, 4) is 0 Å². The molecule has 1 aliphatic rings. The first kappa shape index (κ1) is 12.5. The van der Waals surface area contributed by atoms with Crippen LogP contribution < -0.4 is 4.90 Å². The van der Waals surface area contributed by atoms with Gasteiger partial charge in [-0.15, -0.1) is 0 Å². The molecule has 1 unspecified atom stereocenters. The van der Waals surface area contributed by atoms with Crippen molar-refractivity contribution in [3.63, 3.8) is 0 Å². The van der Waals surface area contributed by atoms with Crippen molar-refractivity contribution < 1.29 is 14.3 Å². The molecule has 0 N–H and O–H groups in total. The standard InChI is InChI=1S/C13H16N2O3/c1-9-3-4-11(14-8-9)15-6-5-10(7-12(15)16)13(17)18-2/h3-4,8,10H,5-7H2,1-2H3. The van der Waals surface area contributed by atoms with E-state index in [1.54, 1.807) is 11.1 Å². The SMILES string of the molecule is COC(=O)C1CCN(c2ccc(C)cn2)C(=O)C1. The first-order valence-electron chi connectivity index (χ1n) is 5.92. The summed E-state index contributed by atoms with van der Waals surface area (Å²) in [6, 6.07) is 3.74. The maximum Gasteiger partial charge on any atom is 0.309 e. The Kier molecular flexibility index (Phi) is 3.60. The van der Waals surface area contributed by atoms with Crippen LogP contribution in [0.3, 0.4) is 0 Å². The van der Waals surface area contributed by atoms with Crippen LogP contribution in [0.2, 0.25) is 0 Å². The third-order valence-electron chi connectivity index (χ3n) is 3.13. The zero-order valence-electron chi connectivity index (χ0n) is 10.5. The van der Waals surface area contributed by atoms with E-state index >= 15 is 0 Å². The van der Waals surface area contributed by atoms with E-state index in [2.05, 4.69) is 9.72 Å². The molecule has 1 fully saturated rings. The highest BCUT2D eigenvalue weighted by atomic mass is 16.5. The maximum absolute atomic E-state index is 12.0. The zero-order chi connectivity index (χ0) is 13.1. The van der Waals surface area contributed by atoms with Gasteiger partial charge in [-0.1, -0.05) is 6.07 Å². The molecular formula is C13H16N2O3. The van der Waals surface area contributed by atoms with Crippen LogP contribution in [-0.4, -0.2) is 30.5 Å². The first-order valence-corrected chi connectivity index (χ1v) is 5.92. The number of rotatable bonds is 2. The normalized spacial score (nSPS) is 19.8. The number of aromatic nitrogens is 1. The second kappa shape index (κ2) is 5.16. The number of methoxy groups -OCH3 is 1. The van der Waals surface area contributed by atoms with Crippen LogP contribution in [0.15, 0.2) is 18.3 Å². The van der Waals surface area contributed by atoms with Gasteiger partial charge in [-0.25, -0.2) is 4.98 Å². The predicted molar refractivity (Wildman–Crippen MR) is 66.1 cm³/mol. The number of piperidine rings is 1. The van der Waals surface area contributed by atoms with Gasteiger partial charge in [0.2, 0.25) is 5.91 Å². The maximum atomic E-state index is 12.0. The van der Waals surface area contributed by atoms with Crippen LogP contribution in [0.25, 0.3) is 0 Å². The second-order valence-electron chi connectivity index (χ2n) is 4.45. The van der Waals surface area contributed by atoms with Gasteiger partial charge in [0.25, 0.3) is 0 Å². The fraction of sp³-hybridized carbons (Fsp3) is 0.462. The highest BCUT2D eigenvalue weighted by Crippen LogP contribution is 2.23. The molecule has 1 saturated heterocycles. The summed E-state index contributed by atoms with van der Waals surface area (Å²) in [6.45, 7) is 2.46. The van der Waals surface area contributed by atoms with Crippen molar-refractivity contribution in [1.29, 1.82) is 0 Å². The number of aryl methyl sites for hydroxylation is 1. The third-order valence-corrected chi connectivity index (χ3v) is 3.13. The molecule has 18 heavy (non-hydrogen) atoms. The van der Waals surface area contributed by atoms with Gasteiger partial charge in [0.05, 0.1) is 13.0 Å². The Bertz CT molecular complexity index is 456.